The minimum atomic E-state index is -0.828. The molecule has 46 heavy (non-hydrogen) atoms. The van der Waals surface area contributed by atoms with Crippen LogP contribution in [0.3, 0.4) is 0 Å². The van der Waals surface area contributed by atoms with Gasteiger partial charge in [0, 0.05) is 17.0 Å². The van der Waals surface area contributed by atoms with Crippen molar-refractivity contribution in [2.24, 2.45) is 0 Å². The van der Waals surface area contributed by atoms with Gasteiger partial charge in [-0.2, -0.15) is 4.73 Å². The summed E-state index contributed by atoms with van der Waals surface area (Å²) in [4.78, 5) is 44.9. The first-order valence-electron chi connectivity index (χ1n) is 14.7. The highest BCUT2D eigenvalue weighted by molar-refractivity contribution is 6.00. The number of benzene rings is 4. The molecule has 1 heterocycles. The maximum absolute atomic E-state index is 13.3. The number of aromatic nitrogens is 1. The molecule has 0 atom stereocenters. The molecular weight excluding hydrogens is 584 g/mol. The van der Waals surface area contributed by atoms with E-state index in [4.69, 9.17) is 19.0 Å². The molecule has 5 aromatic rings. The Morgan fingerprint density at radius 2 is 1.39 bits per heavy atom. The van der Waals surface area contributed by atoms with Crippen LogP contribution in [-0.2, 0) is 27.5 Å². The second-order valence-electron chi connectivity index (χ2n) is 11.4. The monoisotopic (exact) mass is 618 g/mol. The van der Waals surface area contributed by atoms with Crippen LogP contribution in [0.5, 0.6) is 5.75 Å². The van der Waals surface area contributed by atoms with Gasteiger partial charge in [0.25, 0.3) is 0 Å². The summed E-state index contributed by atoms with van der Waals surface area (Å²) < 4.78 is 18.3. The van der Waals surface area contributed by atoms with Gasteiger partial charge in [-0.25, -0.2) is 14.4 Å². The van der Waals surface area contributed by atoms with E-state index in [0.717, 1.165) is 11.1 Å². The third-order valence-electron chi connectivity index (χ3n) is 6.58. The van der Waals surface area contributed by atoms with Crippen molar-refractivity contribution >= 4 is 35.0 Å². The van der Waals surface area contributed by atoms with E-state index in [1.807, 2.05) is 60.7 Å². The summed E-state index contributed by atoms with van der Waals surface area (Å²) in [5.41, 5.74) is 2.12. The van der Waals surface area contributed by atoms with Crippen LogP contribution in [0, 0.1) is 0 Å². The van der Waals surface area contributed by atoms with Crippen LogP contribution in [0.4, 0.5) is 4.79 Å². The molecule has 0 bridgehead atoms. The Balaban J connectivity index is 1.51. The Kier molecular flexibility index (Phi) is 9.82. The van der Waals surface area contributed by atoms with Crippen LogP contribution in [0.15, 0.2) is 121 Å². The number of esters is 1. The number of carbonyl (C=O) groups excluding carboxylic acids is 3. The van der Waals surface area contributed by atoms with Gasteiger partial charge in [-0.15, -0.1) is 0 Å². The first-order chi connectivity index (χ1) is 22.1. The fourth-order valence-corrected chi connectivity index (χ4v) is 4.46. The topological polar surface area (TPSA) is 105 Å². The van der Waals surface area contributed by atoms with Gasteiger partial charge in [-0.05, 0) is 62.2 Å². The van der Waals surface area contributed by atoms with Crippen LogP contribution in [0.25, 0.3) is 17.0 Å². The van der Waals surface area contributed by atoms with Gasteiger partial charge < -0.3 is 19.0 Å². The quantitative estimate of drug-likeness (QED) is 0.132. The van der Waals surface area contributed by atoms with Crippen LogP contribution in [0.1, 0.15) is 47.8 Å². The molecule has 1 aromatic heterocycles. The van der Waals surface area contributed by atoms with Gasteiger partial charge in [0.2, 0.25) is 0 Å². The van der Waals surface area contributed by atoms with Crippen LogP contribution < -0.4 is 14.9 Å². The van der Waals surface area contributed by atoms with Gasteiger partial charge in [-0.1, -0.05) is 78.9 Å². The van der Waals surface area contributed by atoms with Crippen LogP contribution in [0.2, 0.25) is 0 Å². The molecule has 5 rings (SSSR count). The van der Waals surface area contributed by atoms with Gasteiger partial charge in [0.15, 0.2) is 0 Å². The number of carbonyl (C=O) groups is 3. The van der Waals surface area contributed by atoms with E-state index in [2.05, 4.69) is 5.32 Å². The highest BCUT2D eigenvalue weighted by atomic mass is 16.7. The molecule has 234 valence electrons. The van der Waals surface area contributed by atoms with Crippen molar-refractivity contribution in [3.63, 3.8) is 0 Å². The zero-order chi connectivity index (χ0) is 32.5. The summed E-state index contributed by atoms with van der Waals surface area (Å²) >= 11 is 0. The van der Waals surface area contributed by atoms with Crippen molar-refractivity contribution < 1.29 is 33.4 Å². The third-order valence-corrected chi connectivity index (χ3v) is 6.58. The lowest BCUT2D eigenvalue weighted by Crippen LogP contribution is -2.34. The second kappa shape index (κ2) is 14.3. The molecule has 1 amide bonds. The molecule has 0 saturated heterocycles. The second-order valence-corrected chi connectivity index (χ2v) is 11.4. The molecule has 0 unspecified atom stereocenters. The molecule has 4 aromatic carbocycles. The molecule has 9 nitrogen and oxygen atoms in total. The highest BCUT2D eigenvalue weighted by Gasteiger charge is 2.22. The number of nitrogens with zero attached hydrogens (tertiary/aromatic N) is 1. The molecule has 0 fully saturated rings. The summed E-state index contributed by atoms with van der Waals surface area (Å²) in [6.45, 7) is 5.48. The Morgan fingerprint density at radius 1 is 0.783 bits per heavy atom. The number of nitrogens with one attached hydrogen (secondary N) is 1. The summed E-state index contributed by atoms with van der Waals surface area (Å²) in [5, 5.41) is 3.15. The van der Waals surface area contributed by atoms with E-state index >= 15 is 0 Å². The summed E-state index contributed by atoms with van der Waals surface area (Å²) in [6, 6.07) is 32.8. The lowest BCUT2D eigenvalue weighted by atomic mass is 10.1. The first kappa shape index (κ1) is 31.6. The zero-order valence-corrected chi connectivity index (χ0v) is 25.8. The summed E-state index contributed by atoms with van der Waals surface area (Å²) in [6.07, 6.45) is 2.18. The Morgan fingerprint density at radius 3 is 2.02 bits per heavy atom. The minimum absolute atomic E-state index is 0.00836. The van der Waals surface area contributed by atoms with E-state index in [9.17, 15) is 14.4 Å². The van der Waals surface area contributed by atoms with Gasteiger partial charge >= 0.3 is 18.0 Å². The normalized spacial score (nSPS) is 11.5. The van der Waals surface area contributed by atoms with E-state index in [1.54, 1.807) is 75.5 Å². The maximum Gasteiger partial charge on any atom is 0.412 e. The van der Waals surface area contributed by atoms with E-state index in [0.29, 0.717) is 34.4 Å². The number of fused-ring (bicyclic) bond motifs is 1. The standard InChI is InChI=1S/C37H34N2O7/c1-37(2,3)45-36(42)38-32(35(41)44-25-27-15-9-5-10-16-27)21-29-23-39(46-34(40)28-17-11-6-12-18-28)33-22-30(19-20-31(29)33)43-24-26-13-7-4-8-14-26/h4-23H,24-25H2,1-3H3,(H,38,42)/b32-21-. The predicted molar refractivity (Wildman–Crippen MR) is 174 cm³/mol. The fourth-order valence-electron chi connectivity index (χ4n) is 4.46. The molecule has 1 N–H and O–H groups in total. The van der Waals surface area contributed by atoms with Crippen molar-refractivity contribution in [3.8, 4) is 5.75 Å². The van der Waals surface area contributed by atoms with E-state index < -0.39 is 23.6 Å². The van der Waals surface area contributed by atoms with Gasteiger partial charge in [-0.3, -0.25) is 5.32 Å². The summed E-state index contributed by atoms with van der Waals surface area (Å²) in [7, 11) is 0. The van der Waals surface area contributed by atoms with E-state index in [-0.39, 0.29) is 12.3 Å². The number of alkyl carbamates (subject to hydrolysis) is 1. The molecule has 0 saturated carbocycles. The number of rotatable bonds is 10. The lowest BCUT2D eigenvalue weighted by Gasteiger charge is -2.20. The van der Waals surface area contributed by atoms with Gasteiger partial charge in [0.1, 0.15) is 30.3 Å². The predicted octanol–water partition coefficient (Wildman–Crippen LogP) is 7.10. The molecule has 0 spiro atoms. The molecule has 9 heteroatoms. The molecule has 0 radical (unpaired) electrons. The number of hydrogen-bond acceptors (Lipinski definition) is 7. The Labute approximate surface area is 266 Å². The highest BCUT2D eigenvalue weighted by Crippen LogP contribution is 2.28. The number of hydrogen-bond donors (Lipinski definition) is 1. The average Bonchev–Trinajstić information content (AvgIpc) is 3.38. The lowest BCUT2D eigenvalue weighted by molar-refractivity contribution is -0.140. The molecule has 0 aliphatic rings. The molecule has 0 aliphatic carbocycles. The number of amides is 1. The minimum Gasteiger partial charge on any atom is -0.489 e. The maximum atomic E-state index is 13.3. The van der Waals surface area contributed by atoms with Crippen molar-refractivity contribution in [2.75, 3.05) is 0 Å². The van der Waals surface area contributed by atoms with Gasteiger partial charge in [0.05, 0.1) is 17.3 Å². The molecular formula is C37H34N2O7. The van der Waals surface area contributed by atoms with Crippen molar-refractivity contribution in [1.29, 1.82) is 0 Å². The SMILES string of the molecule is CC(C)(C)OC(=O)N/C(=C\c1cn(OC(=O)c2ccccc2)c2cc(OCc3ccccc3)ccc12)C(=O)OCc1ccccc1. The largest absolute Gasteiger partial charge is 0.489 e. The number of ether oxygens (including phenoxy) is 3. The molecule has 0 aliphatic heterocycles. The smallest absolute Gasteiger partial charge is 0.412 e. The summed E-state index contributed by atoms with van der Waals surface area (Å²) in [5.74, 6) is -0.825. The Hall–Kier alpha value is -5.83. The average molecular weight is 619 g/mol. The third kappa shape index (κ3) is 8.63. The van der Waals surface area contributed by atoms with E-state index in [1.165, 1.54) is 10.8 Å². The Bertz CT molecular complexity index is 1840. The van der Waals surface area contributed by atoms with Crippen molar-refractivity contribution in [2.45, 2.75) is 39.6 Å². The van der Waals surface area contributed by atoms with Crippen LogP contribution >= 0.6 is 0 Å². The van der Waals surface area contributed by atoms with Crippen molar-refractivity contribution in [3.05, 3.63) is 143 Å². The first-order valence-corrected chi connectivity index (χ1v) is 14.7. The van der Waals surface area contributed by atoms with Crippen molar-refractivity contribution in [1.82, 2.24) is 10.0 Å². The zero-order valence-electron chi connectivity index (χ0n) is 25.8. The van der Waals surface area contributed by atoms with Crippen LogP contribution in [-0.4, -0.2) is 28.4 Å². The fraction of sp³-hybridized carbons (Fsp3) is 0.162.